The molecule has 1 aromatic rings. The van der Waals surface area contributed by atoms with Crippen molar-refractivity contribution in [1.29, 1.82) is 0 Å². The van der Waals surface area contributed by atoms with Crippen molar-refractivity contribution >= 4 is 5.95 Å². The smallest absolute Gasteiger partial charge is 0.266 e. The lowest BCUT2D eigenvalue weighted by atomic mass is 9.85. The zero-order valence-electron chi connectivity index (χ0n) is 12.8. The predicted molar refractivity (Wildman–Crippen MR) is 80.2 cm³/mol. The van der Waals surface area contributed by atoms with E-state index in [1.54, 1.807) is 0 Å². The Morgan fingerprint density at radius 2 is 1.95 bits per heavy atom. The van der Waals surface area contributed by atoms with Gasteiger partial charge in [0.25, 0.3) is 5.95 Å². The molecular formula is C15H25N5O. The normalized spacial score (nSPS) is 34.1. The fourth-order valence-corrected chi connectivity index (χ4v) is 4.01. The van der Waals surface area contributed by atoms with Crippen molar-refractivity contribution in [2.75, 3.05) is 38.1 Å². The second kappa shape index (κ2) is 5.57. The first-order valence-corrected chi connectivity index (χ1v) is 8.33. The first-order valence-electron chi connectivity index (χ1n) is 8.33. The first-order chi connectivity index (χ1) is 10.3. The number of aromatic nitrogens is 2. The Hall–Kier alpha value is -1.14. The van der Waals surface area contributed by atoms with Crippen LogP contribution in [0.4, 0.5) is 5.95 Å². The van der Waals surface area contributed by atoms with Gasteiger partial charge in [-0.3, -0.25) is 0 Å². The van der Waals surface area contributed by atoms with E-state index in [2.05, 4.69) is 32.3 Å². The van der Waals surface area contributed by atoms with Crippen LogP contribution >= 0.6 is 0 Å². The lowest BCUT2D eigenvalue weighted by Crippen LogP contribution is -2.44. The van der Waals surface area contributed by atoms with Crippen LogP contribution in [0.15, 0.2) is 4.52 Å². The molecule has 1 aliphatic carbocycles. The van der Waals surface area contributed by atoms with Crippen molar-refractivity contribution in [2.45, 2.75) is 44.2 Å². The SMILES string of the molecule is CN1CCN(c2noc(C3CC4CCCCC4N3)n2)CC1. The Balaban J connectivity index is 1.43. The second-order valence-corrected chi connectivity index (χ2v) is 6.83. The number of nitrogens with zero attached hydrogens (tertiary/aromatic N) is 4. The molecule has 2 saturated heterocycles. The van der Waals surface area contributed by atoms with Gasteiger partial charge in [0, 0.05) is 32.2 Å². The molecule has 4 rings (SSSR count). The van der Waals surface area contributed by atoms with Crippen LogP contribution < -0.4 is 10.2 Å². The molecular weight excluding hydrogens is 266 g/mol. The molecule has 3 aliphatic rings. The Bertz CT molecular complexity index is 468. The van der Waals surface area contributed by atoms with E-state index in [4.69, 9.17) is 4.52 Å². The number of hydrogen-bond donors (Lipinski definition) is 1. The summed E-state index contributed by atoms with van der Waals surface area (Å²) in [6.07, 6.45) is 6.56. The highest BCUT2D eigenvalue weighted by Crippen LogP contribution is 2.38. The van der Waals surface area contributed by atoms with Gasteiger partial charge in [-0.2, -0.15) is 4.98 Å². The lowest BCUT2D eigenvalue weighted by molar-refractivity contribution is 0.307. The summed E-state index contributed by atoms with van der Waals surface area (Å²) in [5.41, 5.74) is 0. The van der Waals surface area contributed by atoms with Gasteiger partial charge < -0.3 is 19.6 Å². The molecule has 0 radical (unpaired) electrons. The van der Waals surface area contributed by atoms with Gasteiger partial charge in [0.2, 0.25) is 5.89 Å². The molecule has 0 spiro atoms. The predicted octanol–water partition coefficient (Wildman–Crippen LogP) is 1.41. The van der Waals surface area contributed by atoms with Crippen molar-refractivity contribution in [3.63, 3.8) is 0 Å². The minimum absolute atomic E-state index is 0.270. The Kier molecular flexibility index (Phi) is 3.59. The van der Waals surface area contributed by atoms with E-state index in [0.717, 1.165) is 50.4 Å². The van der Waals surface area contributed by atoms with Crippen molar-refractivity contribution in [1.82, 2.24) is 20.4 Å². The molecule has 0 amide bonds. The van der Waals surface area contributed by atoms with Gasteiger partial charge in [0.15, 0.2) is 0 Å². The van der Waals surface area contributed by atoms with E-state index in [0.29, 0.717) is 6.04 Å². The van der Waals surface area contributed by atoms with Crippen LogP contribution in [0.3, 0.4) is 0 Å². The number of anilines is 1. The van der Waals surface area contributed by atoms with E-state index in [1.807, 2.05) is 0 Å². The van der Waals surface area contributed by atoms with Crippen LogP contribution in [0.25, 0.3) is 0 Å². The van der Waals surface area contributed by atoms with Gasteiger partial charge in [-0.25, -0.2) is 0 Å². The Labute approximate surface area is 125 Å². The van der Waals surface area contributed by atoms with Crippen molar-refractivity contribution in [3.8, 4) is 0 Å². The maximum Gasteiger partial charge on any atom is 0.266 e. The number of piperazine rings is 1. The van der Waals surface area contributed by atoms with Crippen LogP contribution in [-0.2, 0) is 0 Å². The summed E-state index contributed by atoms with van der Waals surface area (Å²) in [6, 6.07) is 0.939. The first kappa shape index (κ1) is 13.5. The molecule has 3 fully saturated rings. The van der Waals surface area contributed by atoms with Gasteiger partial charge in [0.05, 0.1) is 6.04 Å². The van der Waals surface area contributed by atoms with Gasteiger partial charge in [-0.15, -0.1) is 0 Å². The summed E-state index contributed by atoms with van der Waals surface area (Å²) in [5.74, 6) is 2.37. The number of rotatable bonds is 2. The average molecular weight is 291 g/mol. The quantitative estimate of drug-likeness (QED) is 0.889. The van der Waals surface area contributed by atoms with E-state index < -0.39 is 0 Å². The van der Waals surface area contributed by atoms with Crippen LogP contribution in [0.2, 0.25) is 0 Å². The average Bonchev–Trinajstić information content (AvgIpc) is 3.14. The van der Waals surface area contributed by atoms with Gasteiger partial charge in [-0.05, 0) is 37.4 Å². The maximum absolute atomic E-state index is 5.56. The summed E-state index contributed by atoms with van der Waals surface area (Å²) >= 11 is 0. The molecule has 0 aromatic carbocycles. The molecule has 21 heavy (non-hydrogen) atoms. The van der Waals surface area contributed by atoms with E-state index >= 15 is 0 Å². The molecule has 6 heteroatoms. The molecule has 0 bridgehead atoms. The van der Waals surface area contributed by atoms with Crippen LogP contribution in [0.5, 0.6) is 0 Å². The van der Waals surface area contributed by atoms with E-state index in [1.165, 1.54) is 25.7 Å². The molecule has 3 unspecified atom stereocenters. The molecule has 6 nitrogen and oxygen atoms in total. The zero-order valence-corrected chi connectivity index (χ0v) is 12.8. The number of nitrogens with one attached hydrogen (secondary N) is 1. The molecule has 1 aromatic heterocycles. The summed E-state index contributed by atoms with van der Waals surface area (Å²) in [4.78, 5) is 9.23. The summed E-state index contributed by atoms with van der Waals surface area (Å²) < 4.78 is 5.56. The third-order valence-corrected chi connectivity index (χ3v) is 5.38. The number of hydrogen-bond acceptors (Lipinski definition) is 6. The highest BCUT2D eigenvalue weighted by molar-refractivity contribution is 5.29. The zero-order chi connectivity index (χ0) is 14.2. The van der Waals surface area contributed by atoms with Crippen molar-refractivity contribution in [3.05, 3.63) is 5.89 Å². The number of fused-ring (bicyclic) bond motifs is 1. The molecule has 2 aliphatic heterocycles. The fraction of sp³-hybridized carbons (Fsp3) is 0.867. The van der Waals surface area contributed by atoms with Crippen molar-refractivity contribution in [2.24, 2.45) is 5.92 Å². The topological polar surface area (TPSA) is 57.4 Å². The summed E-state index contributed by atoms with van der Waals surface area (Å²) in [7, 11) is 2.16. The Morgan fingerprint density at radius 1 is 1.14 bits per heavy atom. The standard InChI is InChI=1S/C15H25N5O/c1-19-6-8-20(9-7-19)15-17-14(21-18-15)13-10-11-4-2-3-5-12(11)16-13/h11-13,16H,2-10H2,1H3. The van der Waals surface area contributed by atoms with Crippen molar-refractivity contribution < 1.29 is 4.52 Å². The van der Waals surface area contributed by atoms with Gasteiger partial charge in [-0.1, -0.05) is 12.8 Å². The molecule has 1 N–H and O–H groups in total. The molecule has 3 atom stereocenters. The highest BCUT2D eigenvalue weighted by Gasteiger charge is 2.38. The summed E-state index contributed by atoms with van der Waals surface area (Å²) in [5, 5.41) is 7.92. The van der Waals surface area contributed by atoms with Gasteiger partial charge >= 0.3 is 0 Å². The lowest BCUT2D eigenvalue weighted by Gasteiger charge is -2.31. The number of likely N-dealkylation sites (N-methyl/N-ethyl adjacent to an activating group) is 1. The van der Waals surface area contributed by atoms with E-state index in [-0.39, 0.29) is 6.04 Å². The largest absolute Gasteiger partial charge is 0.336 e. The monoisotopic (exact) mass is 291 g/mol. The third kappa shape index (κ3) is 2.66. The highest BCUT2D eigenvalue weighted by atomic mass is 16.5. The summed E-state index contributed by atoms with van der Waals surface area (Å²) in [6.45, 7) is 4.10. The third-order valence-electron chi connectivity index (χ3n) is 5.38. The van der Waals surface area contributed by atoms with Gasteiger partial charge in [0.1, 0.15) is 0 Å². The second-order valence-electron chi connectivity index (χ2n) is 6.83. The minimum atomic E-state index is 0.270. The van der Waals surface area contributed by atoms with E-state index in [9.17, 15) is 0 Å². The molecule has 1 saturated carbocycles. The van der Waals surface area contributed by atoms with Crippen LogP contribution in [0.1, 0.15) is 44.0 Å². The Morgan fingerprint density at radius 3 is 2.76 bits per heavy atom. The molecule has 3 heterocycles. The fourth-order valence-electron chi connectivity index (χ4n) is 4.01. The van der Waals surface area contributed by atoms with Crippen LogP contribution in [0, 0.1) is 5.92 Å². The maximum atomic E-state index is 5.56. The van der Waals surface area contributed by atoms with Crippen LogP contribution in [-0.4, -0.2) is 54.3 Å². The minimum Gasteiger partial charge on any atom is -0.336 e. The molecule has 116 valence electrons.